The van der Waals surface area contributed by atoms with Crippen molar-refractivity contribution in [3.8, 4) is 0 Å². The Hall–Kier alpha value is -0.480. The SMILES string of the molecule is NCCOCCOCCOCCOCCOCCOCCCCCCCCCCCSSCCCCCCCCCCCOCCOCCOCCO.O=C(O)C(F)(F)F. The van der Waals surface area contributed by atoms with Crippen molar-refractivity contribution in [2.75, 3.05) is 144 Å². The first kappa shape index (κ1) is 61.6. The zero-order valence-corrected chi connectivity index (χ0v) is 38.4. The number of halogens is 3. The zero-order valence-electron chi connectivity index (χ0n) is 36.8. The van der Waals surface area contributed by atoms with Crippen LogP contribution < -0.4 is 5.73 Å². The molecule has 362 valence electrons. The molecule has 0 aromatic carbocycles. The molecule has 0 fully saturated rings. The predicted octanol–water partition coefficient (Wildman–Crippen LogP) is 8.12. The second-order valence-electron chi connectivity index (χ2n) is 13.8. The van der Waals surface area contributed by atoms with Crippen LogP contribution in [0, 0.1) is 0 Å². The van der Waals surface area contributed by atoms with Gasteiger partial charge >= 0.3 is 12.1 Å². The molecule has 0 saturated heterocycles. The number of hydrogen-bond donors (Lipinski definition) is 3. The average Bonchev–Trinajstić information content (AvgIpc) is 3.23. The highest BCUT2D eigenvalue weighted by molar-refractivity contribution is 8.76. The largest absolute Gasteiger partial charge is 0.490 e. The van der Waals surface area contributed by atoms with Crippen molar-refractivity contribution in [3.63, 3.8) is 0 Å². The lowest BCUT2D eigenvalue weighted by Gasteiger charge is -2.08. The van der Waals surface area contributed by atoms with Gasteiger partial charge in [-0.2, -0.15) is 13.2 Å². The quantitative estimate of drug-likeness (QED) is 0.0395. The summed E-state index contributed by atoms with van der Waals surface area (Å²) in [5, 5.41) is 15.7. The molecule has 0 aliphatic rings. The molecule has 0 atom stereocenters. The number of unbranched alkanes of at least 4 members (excludes halogenated alkanes) is 16. The van der Waals surface area contributed by atoms with Crippen LogP contribution in [0.25, 0.3) is 0 Å². The van der Waals surface area contributed by atoms with Crippen molar-refractivity contribution >= 4 is 27.6 Å². The fourth-order valence-electron chi connectivity index (χ4n) is 5.21. The summed E-state index contributed by atoms with van der Waals surface area (Å²) < 4.78 is 80.8. The van der Waals surface area contributed by atoms with Crippen molar-refractivity contribution < 1.29 is 70.8 Å². The summed E-state index contributed by atoms with van der Waals surface area (Å²) in [5.74, 6) is -0.137. The van der Waals surface area contributed by atoms with E-state index >= 15 is 0 Å². The van der Waals surface area contributed by atoms with Crippen LogP contribution in [0.2, 0.25) is 0 Å². The number of aliphatic carboxylic acids is 1. The maximum atomic E-state index is 10.6. The van der Waals surface area contributed by atoms with Gasteiger partial charge in [-0.3, -0.25) is 0 Å². The second kappa shape index (κ2) is 54.7. The van der Waals surface area contributed by atoms with Gasteiger partial charge in [0.1, 0.15) is 0 Å². The Labute approximate surface area is 368 Å². The van der Waals surface area contributed by atoms with Crippen molar-refractivity contribution in [2.24, 2.45) is 5.73 Å². The van der Waals surface area contributed by atoms with E-state index in [2.05, 4.69) is 21.6 Å². The number of alkyl halides is 3. The van der Waals surface area contributed by atoms with Gasteiger partial charge in [-0.25, -0.2) is 4.79 Å². The highest BCUT2D eigenvalue weighted by atomic mass is 33.1. The third-order valence-electron chi connectivity index (χ3n) is 8.46. The Morgan fingerprint density at radius 1 is 0.383 bits per heavy atom. The van der Waals surface area contributed by atoms with Gasteiger partial charge in [0.15, 0.2) is 0 Å². The summed E-state index contributed by atoms with van der Waals surface area (Å²) in [4.78, 5) is 8.90. The lowest BCUT2D eigenvalue weighted by molar-refractivity contribution is -0.192. The molecule has 0 aromatic heterocycles. The molecule has 0 heterocycles. The number of carboxylic acid groups (broad SMARTS) is 1. The van der Waals surface area contributed by atoms with Gasteiger partial charge in [0, 0.05) is 31.3 Å². The van der Waals surface area contributed by atoms with Gasteiger partial charge < -0.3 is 58.6 Å². The Morgan fingerprint density at radius 3 is 0.850 bits per heavy atom. The number of rotatable bonds is 50. The van der Waals surface area contributed by atoms with Gasteiger partial charge in [0.25, 0.3) is 0 Å². The number of aliphatic hydroxyl groups excluding tert-OH is 1. The molecular weight excluding hydrogens is 832 g/mol. The molecule has 0 aliphatic carbocycles. The zero-order chi connectivity index (χ0) is 44.1. The van der Waals surface area contributed by atoms with Crippen molar-refractivity contribution in [1.82, 2.24) is 0 Å². The topological polar surface area (TPSA) is 167 Å². The van der Waals surface area contributed by atoms with E-state index in [4.69, 9.17) is 63.4 Å². The van der Waals surface area contributed by atoms with E-state index in [1.165, 1.54) is 114 Å². The fourth-order valence-corrected chi connectivity index (χ4v) is 7.51. The lowest BCUT2D eigenvalue weighted by atomic mass is 10.1. The summed E-state index contributed by atoms with van der Waals surface area (Å²) in [6.07, 6.45) is 18.9. The molecule has 0 bridgehead atoms. The summed E-state index contributed by atoms with van der Waals surface area (Å²) in [6, 6.07) is 0. The fraction of sp³-hybridized carbons (Fsp3) is 0.976. The van der Waals surface area contributed by atoms with E-state index in [1.54, 1.807) is 0 Å². The second-order valence-corrected chi connectivity index (χ2v) is 16.5. The minimum atomic E-state index is -5.08. The Kier molecular flexibility index (Phi) is 56.1. The Morgan fingerprint density at radius 2 is 0.600 bits per heavy atom. The van der Waals surface area contributed by atoms with Crippen LogP contribution in [0.3, 0.4) is 0 Å². The average molecular weight is 916 g/mol. The van der Waals surface area contributed by atoms with Gasteiger partial charge in [-0.1, -0.05) is 111 Å². The van der Waals surface area contributed by atoms with Gasteiger partial charge in [-0.15, -0.1) is 0 Å². The van der Waals surface area contributed by atoms with Gasteiger partial charge in [0.2, 0.25) is 0 Å². The van der Waals surface area contributed by atoms with Crippen molar-refractivity contribution in [3.05, 3.63) is 0 Å². The monoisotopic (exact) mass is 916 g/mol. The van der Waals surface area contributed by atoms with Crippen LogP contribution in [0.4, 0.5) is 13.2 Å². The van der Waals surface area contributed by atoms with E-state index in [-0.39, 0.29) is 6.61 Å². The summed E-state index contributed by atoms with van der Waals surface area (Å²) >= 11 is 0. The molecule has 60 heavy (non-hydrogen) atoms. The third kappa shape index (κ3) is 59.6. The number of hydrogen-bond acceptors (Lipinski definition) is 14. The van der Waals surface area contributed by atoms with Crippen LogP contribution in [0.1, 0.15) is 116 Å². The minimum absolute atomic E-state index is 0.0629. The van der Waals surface area contributed by atoms with Crippen LogP contribution in [0.5, 0.6) is 0 Å². The first-order chi connectivity index (χ1) is 29.4. The summed E-state index contributed by atoms with van der Waals surface area (Å²) in [6.45, 7) is 11.4. The van der Waals surface area contributed by atoms with Crippen molar-refractivity contribution in [2.45, 2.75) is 122 Å². The van der Waals surface area contributed by atoms with Crippen LogP contribution in [-0.4, -0.2) is 166 Å². The maximum absolute atomic E-state index is 10.6. The first-order valence-electron chi connectivity index (χ1n) is 22.4. The number of nitrogens with two attached hydrogens (primary N) is 1. The molecule has 0 spiro atoms. The lowest BCUT2D eigenvalue weighted by Crippen LogP contribution is -2.21. The molecule has 13 nitrogen and oxygen atoms in total. The van der Waals surface area contributed by atoms with Gasteiger partial charge in [-0.05, 0) is 25.7 Å². The molecular formula is C42H84F3NO12S2. The van der Waals surface area contributed by atoms with E-state index in [0.717, 1.165) is 26.1 Å². The maximum Gasteiger partial charge on any atom is 0.490 e. The first-order valence-corrected chi connectivity index (χ1v) is 24.9. The molecule has 0 aromatic rings. The third-order valence-corrected chi connectivity index (χ3v) is 11.0. The Balaban J connectivity index is 0. The molecule has 4 N–H and O–H groups in total. The highest BCUT2D eigenvalue weighted by Crippen LogP contribution is 2.25. The molecule has 0 rings (SSSR count). The van der Waals surface area contributed by atoms with Crippen LogP contribution >= 0.6 is 21.6 Å². The normalized spacial score (nSPS) is 11.6. The molecule has 0 saturated carbocycles. The van der Waals surface area contributed by atoms with E-state index in [1.807, 2.05) is 0 Å². The number of carbonyl (C=O) groups is 1. The smallest absolute Gasteiger partial charge is 0.475 e. The predicted molar refractivity (Wildman–Crippen MR) is 235 cm³/mol. The highest BCUT2D eigenvalue weighted by Gasteiger charge is 2.38. The molecule has 18 heteroatoms. The summed E-state index contributed by atoms with van der Waals surface area (Å²) in [5.41, 5.74) is 5.35. The van der Waals surface area contributed by atoms with Crippen LogP contribution in [0.15, 0.2) is 0 Å². The molecule has 0 amide bonds. The standard InChI is InChI=1S/C40H83NO10S2.C2HF3O2/c41-19-23-45-27-31-49-34-36-51-38-37-50-35-33-48-30-26-44-22-16-12-8-4-2-6-10-14-18-40-53-52-39-17-13-9-5-1-3-7-11-15-21-43-25-29-47-32-28-46-24-20-42;3-2(4,5)1(6)7/h42H,1-41H2;(H,6,7). The Bertz CT molecular complexity index is 768. The summed E-state index contributed by atoms with van der Waals surface area (Å²) in [7, 11) is 4.17. The minimum Gasteiger partial charge on any atom is -0.475 e. The van der Waals surface area contributed by atoms with Crippen molar-refractivity contribution in [1.29, 1.82) is 0 Å². The van der Waals surface area contributed by atoms with E-state index in [0.29, 0.717) is 112 Å². The van der Waals surface area contributed by atoms with Crippen LogP contribution in [-0.2, 0) is 47.4 Å². The number of carboxylic acids is 1. The van der Waals surface area contributed by atoms with E-state index in [9.17, 15) is 13.2 Å². The molecule has 0 unspecified atom stereocenters. The van der Waals surface area contributed by atoms with E-state index < -0.39 is 12.1 Å². The molecule has 0 aliphatic heterocycles. The number of ether oxygens (including phenoxy) is 9. The molecule has 0 radical (unpaired) electrons. The number of aliphatic hydroxyl groups is 1. The van der Waals surface area contributed by atoms with Gasteiger partial charge in [0.05, 0.1) is 112 Å².